The summed E-state index contributed by atoms with van der Waals surface area (Å²) in [6.07, 6.45) is 5.60. The van der Waals surface area contributed by atoms with Crippen LogP contribution in [-0.4, -0.2) is 33.9 Å². The van der Waals surface area contributed by atoms with Crippen molar-refractivity contribution in [2.45, 2.75) is 19.4 Å². The number of hydrogen-bond donors (Lipinski definition) is 2. The summed E-state index contributed by atoms with van der Waals surface area (Å²) in [5.74, 6) is -1.17. The number of carboxylic acids is 1. The normalized spacial score (nSPS) is 16.1. The number of carbonyl (C=O) groups excluding carboxylic acids is 1. The molecule has 0 fully saturated rings. The number of allylic oxidation sites excluding steroid dienone is 2. The molecule has 0 saturated heterocycles. The fourth-order valence-electron chi connectivity index (χ4n) is 2.26. The molecular weight excluding hydrogens is 262 g/mol. The molecule has 2 N–H and O–H groups in total. The molecule has 7 heteroatoms. The Morgan fingerprint density at radius 2 is 2.15 bits per heavy atom. The molecule has 0 aromatic carbocycles. The van der Waals surface area contributed by atoms with Gasteiger partial charge in [0.25, 0.3) is 0 Å². The molecule has 20 heavy (non-hydrogen) atoms. The van der Waals surface area contributed by atoms with E-state index in [0.29, 0.717) is 11.4 Å². The van der Waals surface area contributed by atoms with E-state index in [2.05, 4.69) is 10.4 Å². The predicted octanol–water partition coefficient (Wildman–Crippen LogP) is 0.466. The first-order chi connectivity index (χ1) is 9.49. The lowest BCUT2D eigenvalue weighted by Crippen LogP contribution is -2.44. The van der Waals surface area contributed by atoms with Gasteiger partial charge in [0.2, 0.25) is 11.8 Å². The number of carbonyl (C=O) groups is 2. The molecule has 0 atom stereocenters. The Hall–Kier alpha value is -2.31. The predicted molar refractivity (Wildman–Crippen MR) is 70.0 cm³/mol. The fraction of sp³-hybridized carbons (Fsp3) is 0.462. The van der Waals surface area contributed by atoms with Gasteiger partial charge in [-0.15, -0.1) is 5.10 Å². The van der Waals surface area contributed by atoms with Crippen molar-refractivity contribution in [2.75, 3.05) is 7.11 Å². The number of nitrogens with one attached hydrogen (secondary N) is 1. The Bertz CT molecular complexity index is 554. The summed E-state index contributed by atoms with van der Waals surface area (Å²) in [5, 5.41) is 16.0. The van der Waals surface area contributed by atoms with Crippen LogP contribution >= 0.6 is 0 Å². The van der Waals surface area contributed by atoms with Gasteiger partial charge in [-0.1, -0.05) is 12.2 Å². The third-order valence-corrected chi connectivity index (χ3v) is 3.44. The van der Waals surface area contributed by atoms with E-state index in [1.165, 1.54) is 7.11 Å². The van der Waals surface area contributed by atoms with Gasteiger partial charge in [0, 0.05) is 19.8 Å². The zero-order valence-corrected chi connectivity index (χ0v) is 11.4. The summed E-state index contributed by atoms with van der Waals surface area (Å²) in [5.41, 5.74) is -0.676. The molecule has 7 nitrogen and oxygen atoms in total. The molecule has 1 heterocycles. The minimum atomic E-state index is -1.38. The second-order valence-corrected chi connectivity index (χ2v) is 4.79. The van der Waals surface area contributed by atoms with Crippen molar-refractivity contribution in [3.63, 3.8) is 0 Å². The molecule has 2 rings (SSSR count). The highest BCUT2D eigenvalue weighted by atomic mass is 16.5. The monoisotopic (exact) mass is 279 g/mol. The Kier molecular flexibility index (Phi) is 3.78. The number of nitrogens with zero attached hydrogens (tertiary/aromatic N) is 2. The van der Waals surface area contributed by atoms with Gasteiger partial charge in [0.15, 0.2) is 5.41 Å². The number of amides is 1. The van der Waals surface area contributed by atoms with Crippen LogP contribution in [0, 0.1) is 5.41 Å². The summed E-state index contributed by atoms with van der Waals surface area (Å²) in [4.78, 5) is 23.6. The lowest BCUT2D eigenvalue weighted by Gasteiger charge is -2.22. The van der Waals surface area contributed by atoms with Gasteiger partial charge < -0.3 is 15.2 Å². The van der Waals surface area contributed by atoms with Gasteiger partial charge in [-0.25, -0.2) is 0 Å². The Labute approximate surface area is 116 Å². The van der Waals surface area contributed by atoms with E-state index >= 15 is 0 Å². The van der Waals surface area contributed by atoms with Crippen molar-refractivity contribution in [3.05, 3.63) is 23.9 Å². The van der Waals surface area contributed by atoms with Crippen LogP contribution in [-0.2, 0) is 23.2 Å². The summed E-state index contributed by atoms with van der Waals surface area (Å²) >= 11 is 0. The number of methoxy groups -OCH3 is 1. The van der Waals surface area contributed by atoms with Crippen LogP contribution in [0.5, 0.6) is 5.88 Å². The van der Waals surface area contributed by atoms with Gasteiger partial charge in [-0.05, 0) is 12.8 Å². The number of ether oxygens (including phenoxy) is 1. The van der Waals surface area contributed by atoms with Gasteiger partial charge in [0.05, 0.1) is 12.7 Å². The summed E-state index contributed by atoms with van der Waals surface area (Å²) in [7, 11) is 3.24. The highest BCUT2D eigenvalue weighted by Gasteiger charge is 2.46. The van der Waals surface area contributed by atoms with E-state index in [0.717, 1.165) is 0 Å². The third kappa shape index (κ3) is 2.38. The SMILES string of the molecule is COc1nn(C)cc1CNC(=O)C1(C(=O)O)CC=CC1. The molecule has 0 bridgehead atoms. The van der Waals surface area contributed by atoms with Gasteiger partial charge in [-0.3, -0.25) is 14.3 Å². The van der Waals surface area contributed by atoms with E-state index in [-0.39, 0.29) is 19.4 Å². The number of hydrogen-bond acceptors (Lipinski definition) is 4. The van der Waals surface area contributed by atoms with Crippen LogP contribution < -0.4 is 10.1 Å². The van der Waals surface area contributed by atoms with Crippen molar-refractivity contribution in [1.82, 2.24) is 15.1 Å². The van der Waals surface area contributed by atoms with Gasteiger partial charge in [0.1, 0.15) is 0 Å². The molecule has 1 aromatic rings. The molecular formula is C13H17N3O4. The molecule has 108 valence electrons. The summed E-state index contributed by atoms with van der Waals surface area (Å²) < 4.78 is 6.66. The molecule has 0 saturated carbocycles. The topological polar surface area (TPSA) is 93.5 Å². The number of aliphatic carboxylic acids is 1. The molecule has 1 aliphatic rings. The summed E-state index contributed by atoms with van der Waals surface area (Å²) in [6, 6.07) is 0. The number of aromatic nitrogens is 2. The molecule has 0 aliphatic heterocycles. The van der Waals surface area contributed by atoms with Crippen molar-refractivity contribution in [2.24, 2.45) is 12.5 Å². The molecule has 1 aliphatic carbocycles. The van der Waals surface area contributed by atoms with E-state index in [1.54, 1.807) is 30.1 Å². The summed E-state index contributed by atoms with van der Waals surface area (Å²) in [6.45, 7) is 0.185. The Morgan fingerprint density at radius 1 is 1.50 bits per heavy atom. The average molecular weight is 279 g/mol. The van der Waals surface area contributed by atoms with E-state index in [9.17, 15) is 14.7 Å². The highest BCUT2D eigenvalue weighted by molar-refractivity contribution is 6.02. The zero-order chi connectivity index (χ0) is 14.8. The number of carboxylic acid groups (broad SMARTS) is 1. The van der Waals surface area contributed by atoms with Crippen LogP contribution in [0.4, 0.5) is 0 Å². The average Bonchev–Trinajstić information content (AvgIpc) is 3.02. The van der Waals surface area contributed by atoms with Crippen molar-refractivity contribution in [1.29, 1.82) is 0 Å². The minimum absolute atomic E-state index is 0.185. The van der Waals surface area contributed by atoms with Crippen LogP contribution in [0.2, 0.25) is 0 Å². The van der Waals surface area contributed by atoms with Gasteiger partial charge in [-0.2, -0.15) is 0 Å². The smallest absolute Gasteiger partial charge is 0.319 e. The molecule has 0 radical (unpaired) electrons. The van der Waals surface area contributed by atoms with Crippen molar-refractivity contribution < 1.29 is 19.4 Å². The van der Waals surface area contributed by atoms with Gasteiger partial charge >= 0.3 is 5.97 Å². The van der Waals surface area contributed by atoms with Crippen molar-refractivity contribution >= 4 is 11.9 Å². The van der Waals surface area contributed by atoms with E-state index in [1.807, 2.05) is 0 Å². The standard InChI is InChI=1S/C13H17N3O4/c1-16-8-9(10(15-16)20-2)7-14-11(17)13(12(18)19)5-3-4-6-13/h3-4,8H,5-7H2,1-2H3,(H,14,17)(H,18,19). The Balaban J connectivity index is 2.06. The molecule has 0 spiro atoms. The number of rotatable bonds is 5. The molecule has 1 aromatic heterocycles. The number of aryl methyl sites for hydroxylation is 1. The molecule has 1 amide bonds. The van der Waals surface area contributed by atoms with Crippen molar-refractivity contribution in [3.8, 4) is 5.88 Å². The second-order valence-electron chi connectivity index (χ2n) is 4.79. The largest absolute Gasteiger partial charge is 0.480 e. The zero-order valence-electron chi connectivity index (χ0n) is 11.4. The third-order valence-electron chi connectivity index (χ3n) is 3.44. The highest BCUT2D eigenvalue weighted by Crippen LogP contribution is 2.34. The lowest BCUT2D eigenvalue weighted by molar-refractivity contribution is -0.155. The van der Waals surface area contributed by atoms with Crippen LogP contribution in [0.15, 0.2) is 18.3 Å². The second kappa shape index (κ2) is 5.36. The van der Waals surface area contributed by atoms with Crippen LogP contribution in [0.1, 0.15) is 18.4 Å². The first-order valence-electron chi connectivity index (χ1n) is 6.23. The van der Waals surface area contributed by atoms with E-state index in [4.69, 9.17) is 4.74 Å². The maximum Gasteiger partial charge on any atom is 0.319 e. The Morgan fingerprint density at radius 3 is 2.70 bits per heavy atom. The first-order valence-corrected chi connectivity index (χ1v) is 6.23. The van der Waals surface area contributed by atoms with Crippen LogP contribution in [0.25, 0.3) is 0 Å². The maximum atomic E-state index is 12.2. The first kappa shape index (κ1) is 14.1. The maximum absolute atomic E-state index is 12.2. The van der Waals surface area contributed by atoms with Crippen LogP contribution in [0.3, 0.4) is 0 Å². The quantitative estimate of drug-likeness (QED) is 0.603. The lowest BCUT2D eigenvalue weighted by atomic mass is 9.84. The van der Waals surface area contributed by atoms with E-state index < -0.39 is 17.3 Å². The minimum Gasteiger partial charge on any atom is -0.480 e. The molecule has 0 unspecified atom stereocenters. The fourth-order valence-corrected chi connectivity index (χ4v) is 2.26.